The van der Waals surface area contributed by atoms with Gasteiger partial charge >= 0.3 is 0 Å². The summed E-state index contributed by atoms with van der Waals surface area (Å²) >= 11 is 0. The predicted octanol–water partition coefficient (Wildman–Crippen LogP) is 1.16. The molecular formula is C14H16N4O. The minimum Gasteiger partial charge on any atom is -0.398 e. The number of nitrogen functional groups attached to an aromatic ring is 1. The Morgan fingerprint density at radius 1 is 1.26 bits per heavy atom. The summed E-state index contributed by atoms with van der Waals surface area (Å²) in [6.07, 6.45) is 3.36. The van der Waals surface area contributed by atoms with Gasteiger partial charge in [0.05, 0.1) is 6.61 Å². The number of hydrogen-bond acceptors (Lipinski definition) is 4. The average Bonchev–Trinajstić information content (AvgIpc) is 2.47. The van der Waals surface area contributed by atoms with Crippen LogP contribution in [-0.4, -0.2) is 23.0 Å². The third-order valence-corrected chi connectivity index (χ3v) is 2.88. The van der Waals surface area contributed by atoms with Gasteiger partial charge in [-0.3, -0.25) is 9.98 Å². The quantitative estimate of drug-likeness (QED) is 0.436. The summed E-state index contributed by atoms with van der Waals surface area (Å²) < 4.78 is 0. The van der Waals surface area contributed by atoms with Crippen molar-refractivity contribution < 1.29 is 5.11 Å². The van der Waals surface area contributed by atoms with Crippen molar-refractivity contribution in [2.75, 3.05) is 12.8 Å². The molecule has 0 atom stereocenters. The number of pyridine rings is 1. The van der Waals surface area contributed by atoms with Gasteiger partial charge in [0, 0.05) is 36.3 Å². The summed E-state index contributed by atoms with van der Waals surface area (Å²) in [6.45, 7) is -0.0404. The zero-order chi connectivity index (χ0) is 13.8. The monoisotopic (exact) mass is 256 g/mol. The molecule has 0 aliphatic heterocycles. The highest BCUT2D eigenvalue weighted by Gasteiger charge is 2.07. The largest absolute Gasteiger partial charge is 0.398 e. The van der Waals surface area contributed by atoms with E-state index in [1.54, 1.807) is 25.5 Å². The van der Waals surface area contributed by atoms with Gasteiger partial charge in [0.1, 0.15) is 5.84 Å². The summed E-state index contributed by atoms with van der Waals surface area (Å²) in [7, 11) is 1.62. The first-order valence-corrected chi connectivity index (χ1v) is 5.83. The van der Waals surface area contributed by atoms with E-state index in [1.165, 1.54) is 0 Å². The minimum atomic E-state index is -0.0404. The van der Waals surface area contributed by atoms with Crippen molar-refractivity contribution in [3.05, 3.63) is 47.8 Å². The molecule has 0 saturated heterocycles. The Bertz CT molecular complexity index is 623. The van der Waals surface area contributed by atoms with Crippen molar-refractivity contribution in [2.24, 2.45) is 10.7 Å². The Kier molecular flexibility index (Phi) is 3.77. The number of aromatic nitrogens is 1. The lowest BCUT2D eigenvalue weighted by Gasteiger charge is -2.09. The van der Waals surface area contributed by atoms with Crippen molar-refractivity contribution in [1.29, 1.82) is 0 Å². The van der Waals surface area contributed by atoms with Gasteiger partial charge in [-0.25, -0.2) is 0 Å². The standard InChI is InChI=1S/C14H16N4O/c1-17-14(16)12-5-10(2-3-13(12)15)11-4-9(8-19)6-18-7-11/h2-7,19H,8,15H2,1H3,(H2,16,17). The number of nitrogens with zero attached hydrogens (tertiary/aromatic N) is 2. The van der Waals surface area contributed by atoms with Gasteiger partial charge in [-0.2, -0.15) is 0 Å². The highest BCUT2D eigenvalue weighted by atomic mass is 16.3. The van der Waals surface area contributed by atoms with Crippen LogP contribution in [0.25, 0.3) is 11.1 Å². The summed E-state index contributed by atoms with van der Waals surface area (Å²) in [5, 5.41) is 9.13. The molecule has 1 aromatic carbocycles. The van der Waals surface area contributed by atoms with Crippen molar-refractivity contribution in [2.45, 2.75) is 6.61 Å². The summed E-state index contributed by atoms with van der Waals surface area (Å²) in [5.74, 6) is 0.394. The maximum atomic E-state index is 9.13. The molecule has 0 spiro atoms. The topological polar surface area (TPSA) is 97.5 Å². The van der Waals surface area contributed by atoms with E-state index in [-0.39, 0.29) is 6.61 Å². The fourth-order valence-corrected chi connectivity index (χ4v) is 1.81. The van der Waals surface area contributed by atoms with E-state index in [4.69, 9.17) is 16.6 Å². The van der Waals surface area contributed by atoms with Crippen LogP contribution in [0, 0.1) is 0 Å². The summed E-state index contributed by atoms with van der Waals surface area (Å²) in [5.41, 5.74) is 15.6. The highest BCUT2D eigenvalue weighted by molar-refractivity contribution is 6.03. The van der Waals surface area contributed by atoms with Crippen LogP contribution in [0.3, 0.4) is 0 Å². The van der Waals surface area contributed by atoms with Crippen LogP contribution in [-0.2, 0) is 6.61 Å². The molecule has 0 unspecified atom stereocenters. The summed E-state index contributed by atoms with van der Waals surface area (Å²) in [6, 6.07) is 7.42. The maximum absolute atomic E-state index is 9.13. The van der Waals surface area contributed by atoms with Crippen LogP contribution in [0.4, 0.5) is 5.69 Å². The van der Waals surface area contributed by atoms with E-state index in [0.29, 0.717) is 17.1 Å². The van der Waals surface area contributed by atoms with Crippen LogP contribution in [0.2, 0.25) is 0 Å². The van der Waals surface area contributed by atoms with Gasteiger partial charge in [0.2, 0.25) is 0 Å². The molecule has 0 radical (unpaired) electrons. The van der Waals surface area contributed by atoms with Crippen molar-refractivity contribution in [3.8, 4) is 11.1 Å². The van der Waals surface area contributed by atoms with Crippen LogP contribution in [0.5, 0.6) is 0 Å². The fourth-order valence-electron chi connectivity index (χ4n) is 1.81. The van der Waals surface area contributed by atoms with Crippen LogP contribution in [0.15, 0.2) is 41.7 Å². The SMILES string of the molecule is CN=C(N)c1cc(-c2cncc(CO)c2)ccc1N. The van der Waals surface area contributed by atoms with Crippen LogP contribution >= 0.6 is 0 Å². The first kappa shape index (κ1) is 13.0. The van der Waals surface area contributed by atoms with Gasteiger partial charge < -0.3 is 16.6 Å². The molecule has 5 nitrogen and oxygen atoms in total. The van der Waals surface area contributed by atoms with E-state index in [0.717, 1.165) is 16.7 Å². The predicted molar refractivity (Wildman–Crippen MR) is 76.7 cm³/mol. The zero-order valence-corrected chi connectivity index (χ0v) is 10.7. The Morgan fingerprint density at radius 3 is 2.74 bits per heavy atom. The normalized spacial score (nSPS) is 11.6. The van der Waals surface area contributed by atoms with Crippen molar-refractivity contribution in [3.63, 3.8) is 0 Å². The molecule has 2 aromatic rings. The third-order valence-electron chi connectivity index (χ3n) is 2.88. The van der Waals surface area contributed by atoms with Crippen molar-refractivity contribution >= 4 is 11.5 Å². The highest BCUT2D eigenvalue weighted by Crippen LogP contribution is 2.24. The minimum absolute atomic E-state index is 0.0404. The smallest absolute Gasteiger partial charge is 0.127 e. The number of benzene rings is 1. The van der Waals surface area contributed by atoms with Gasteiger partial charge in [0.25, 0.3) is 0 Å². The third kappa shape index (κ3) is 2.71. The van der Waals surface area contributed by atoms with E-state index in [1.807, 2.05) is 18.2 Å². The molecule has 5 N–H and O–H groups in total. The van der Waals surface area contributed by atoms with E-state index >= 15 is 0 Å². The number of aliphatic hydroxyl groups excluding tert-OH is 1. The molecule has 1 heterocycles. The molecule has 0 bridgehead atoms. The number of nitrogens with two attached hydrogens (primary N) is 2. The lowest BCUT2D eigenvalue weighted by Crippen LogP contribution is -2.15. The van der Waals surface area contributed by atoms with E-state index in [2.05, 4.69) is 9.98 Å². The molecular weight excluding hydrogens is 240 g/mol. The lowest BCUT2D eigenvalue weighted by atomic mass is 10.0. The molecule has 0 amide bonds. The Balaban J connectivity index is 2.51. The van der Waals surface area contributed by atoms with Gasteiger partial charge in [-0.15, -0.1) is 0 Å². The lowest BCUT2D eigenvalue weighted by molar-refractivity contribution is 0.281. The second-order valence-corrected chi connectivity index (χ2v) is 4.15. The maximum Gasteiger partial charge on any atom is 0.127 e. The van der Waals surface area contributed by atoms with Crippen LogP contribution in [0.1, 0.15) is 11.1 Å². The number of hydrogen-bond donors (Lipinski definition) is 3. The van der Waals surface area contributed by atoms with Crippen molar-refractivity contribution in [1.82, 2.24) is 4.98 Å². The Morgan fingerprint density at radius 2 is 2.05 bits per heavy atom. The number of aliphatic hydroxyl groups is 1. The fraction of sp³-hybridized carbons (Fsp3) is 0.143. The number of anilines is 1. The summed E-state index contributed by atoms with van der Waals surface area (Å²) in [4.78, 5) is 8.04. The first-order valence-electron chi connectivity index (χ1n) is 5.83. The van der Waals surface area contributed by atoms with Gasteiger partial charge in [0.15, 0.2) is 0 Å². The Hall–Kier alpha value is -2.40. The number of amidine groups is 1. The van der Waals surface area contributed by atoms with Crippen LogP contribution < -0.4 is 11.5 Å². The van der Waals surface area contributed by atoms with Gasteiger partial charge in [-0.05, 0) is 29.3 Å². The second kappa shape index (κ2) is 5.49. The van der Waals surface area contributed by atoms with E-state index in [9.17, 15) is 0 Å². The molecule has 0 fully saturated rings. The molecule has 19 heavy (non-hydrogen) atoms. The number of rotatable bonds is 3. The average molecular weight is 256 g/mol. The molecule has 5 heteroatoms. The second-order valence-electron chi connectivity index (χ2n) is 4.15. The molecule has 2 rings (SSSR count). The Labute approximate surface area is 111 Å². The van der Waals surface area contributed by atoms with Gasteiger partial charge in [-0.1, -0.05) is 6.07 Å². The first-order chi connectivity index (χ1) is 9.15. The molecule has 1 aromatic heterocycles. The molecule has 0 saturated carbocycles. The molecule has 0 aliphatic rings. The zero-order valence-electron chi connectivity index (χ0n) is 10.7. The number of aliphatic imine (C=N–C) groups is 1. The molecule has 98 valence electrons. The van der Waals surface area contributed by atoms with E-state index < -0.39 is 0 Å². The molecule has 0 aliphatic carbocycles.